The van der Waals surface area contributed by atoms with E-state index < -0.39 is 5.97 Å². The van der Waals surface area contributed by atoms with Gasteiger partial charge in [0, 0.05) is 12.1 Å². The minimum Gasteiger partial charge on any atom is -0.481 e. The Bertz CT molecular complexity index is 607. The Morgan fingerprint density at radius 2 is 1.92 bits per heavy atom. The number of carbonyl (C=O) groups is 2. The molecule has 1 aromatic rings. The maximum Gasteiger partial charge on any atom is 0.303 e. The predicted octanol–water partition coefficient (Wildman–Crippen LogP) is 3.75. The molecule has 0 radical (unpaired) electrons. The Labute approximate surface area is 144 Å². The second-order valence-corrected chi connectivity index (χ2v) is 7.09. The van der Waals surface area contributed by atoms with Gasteiger partial charge in [-0.05, 0) is 49.1 Å². The van der Waals surface area contributed by atoms with E-state index in [2.05, 4.69) is 25.2 Å². The molecule has 0 saturated carbocycles. The van der Waals surface area contributed by atoms with Gasteiger partial charge in [-0.2, -0.15) is 0 Å². The summed E-state index contributed by atoms with van der Waals surface area (Å²) in [5.41, 5.74) is 1.80. The minimum atomic E-state index is -0.744. The van der Waals surface area contributed by atoms with Crippen molar-refractivity contribution in [3.05, 3.63) is 47.5 Å². The molecule has 0 heterocycles. The predicted molar refractivity (Wildman–Crippen MR) is 94.7 cm³/mol. The summed E-state index contributed by atoms with van der Waals surface area (Å²) in [5.74, 6) is 0.389. The third-order valence-electron chi connectivity index (χ3n) is 5.04. The topological polar surface area (TPSA) is 66.4 Å². The molecule has 0 bridgehead atoms. The van der Waals surface area contributed by atoms with Gasteiger partial charge < -0.3 is 10.4 Å². The van der Waals surface area contributed by atoms with E-state index in [-0.39, 0.29) is 24.2 Å². The molecule has 0 aromatic heterocycles. The fourth-order valence-corrected chi connectivity index (χ4v) is 3.62. The van der Waals surface area contributed by atoms with Crippen LogP contribution in [0.5, 0.6) is 0 Å². The van der Waals surface area contributed by atoms with Gasteiger partial charge in [0.2, 0.25) is 0 Å². The highest BCUT2D eigenvalue weighted by molar-refractivity contribution is 5.94. The number of allylic oxidation sites excluding steroid dienone is 1. The van der Waals surface area contributed by atoms with Crippen LogP contribution in [0.15, 0.2) is 42.0 Å². The first kappa shape index (κ1) is 18.2. The molecule has 4 heteroatoms. The van der Waals surface area contributed by atoms with Crippen LogP contribution in [0.2, 0.25) is 0 Å². The van der Waals surface area contributed by atoms with Gasteiger partial charge in [0.05, 0.1) is 6.42 Å². The van der Waals surface area contributed by atoms with E-state index in [0.29, 0.717) is 23.9 Å². The van der Waals surface area contributed by atoms with E-state index in [4.69, 9.17) is 5.11 Å². The summed E-state index contributed by atoms with van der Waals surface area (Å²) in [7, 11) is 0. The summed E-state index contributed by atoms with van der Waals surface area (Å²) < 4.78 is 0. The zero-order valence-electron chi connectivity index (χ0n) is 14.7. The van der Waals surface area contributed by atoms with Crippen LogP contribution >= 0.6 is 0 Å². The molecule has 0 fully saturated rings. The number of rotatable bonds is 6. The number of aliphatic carboxylic acids is 1. The van der Waals surface area contributed by atoms with Crippen LogP contribution in [0.25, 0.3) is 0 Å². The molecule has 0 spiro atoms. The minimum absolute atomic E-state index is 0.0585. The molecule has 3 unspecified atom stereocenters. The molecular formula is C20H27NO3. The van der Waals surface area contributed by atoms with Crippen LogP contribution in [0, 0.1) is 23.7 Å². The van der Waals surface area contributed by atoms with E-state index in [0.717, 1.165) is 12.0 Å². The number of amides is 1. The molecular weight excluding hydrogens is 302 g/mol. The maximum absolute atomic E-state index is 12.2. The summed E-state index contributed by atoms with van der Waals surface area (Å²) in [6.45, 7) is 6.94. The Kier molecular flexibility index (Phi) is 6.18. The van der Waals surface area contributed by atoms with Crippen molar-refractivity contribution >= 4 is 11.9 Å². The smallest absolute Gasteiger partial charge is 0.303 e. The van der Waals surface area contributed by atoms with Crippen molar-refractivity contribution in [3.8, 4) is 0 Å². The zero-order valence-corrected chi connectivity index (χ0v) is 14.7. The highest BCUT2D eigenvalue weighted by Crippen LogP contribution is 2.38. The van der Waals surface area contributed by atoms with Crippen LogP contribution in [-0.4, -0.2) is 23.5 Å². The number of carbonyl (C=O) groups excluding carboxylic acids is 1. The maximum atomic E-state index is 12.2. The molecule has 4 nitrogen and oxygen atoms in total. The van der Waals surface area contributed by atoms with E-state index in [1.807, 2.05) is 25.1 Å². The lowest BCUT2D eigenvalue weighted by Gasteiger charge is -2.36. The molecule has 24 heavy (non-hydrogen) atoms. The average Bonchev–Trinajstić information content (AvgIpc) is 2.54. The van der Waals surface area contributed by atoms with Gasteiger partial charge in [-0.25, -0.2) is 0 Å². The fourth-order valence-electron chi connectivity index (χ4n) is 3.62. The highest BCUT2D eigenvalue weighted by atomic mass is 16.4. The largest absolute Gasteiger partial charge is 0.481 e. The van der Waals surface area contributed by atoms with Crippen LogP contribution in [0.1, 0.15) is 44.0 Å². The van der Waals surface area contributed by atoms with Gasteiger partial charge in [-0.1, -0.05) is 43.7 Å². The highest BCUT2D eigenvalue weighted by Gasteiger charge is 2.32. The molecule has 2 rings (SSSR count). The first-order valence-electron chi connectivity index (χ1n) is 8.61. The van der Waals surface area contributed by atoms with Crippen LogP contribution in [0.3, 0.4) is 0 Å². The van der Waals surface area contributed by atoms with Gasteiger partial charge in [-0.15, -0.1) is 0 Å². The lowest BCUT2D eigenvalue weighted by molar-refractivity contribution is -0.138. The van der Waals surface area contributed by atoms with E-state index >= 15 is 0 Å². The van der Waals surface area contributed by atoms with Crippen molar-refractivity contribution in [2.24, 2.45) is 23.7 Å². The van der Waals surface area contributed by atoms with Gasteiger partial charge in [-0.3, -0.25) is 9.59 Å². The number of benzene rings is 1. The first-order valence-corrected chi connectivity index (χ1v) is 8.61. The van der Waals surface area contributed by atoms with Crippen molar-refractivity contribution in [3.63, 3.8) is 0 Å². The normalized spacial score (nSPS) is 23.7. The Hall–Kier alpha value is -2.10. The quantitative estimate of drug-likeness (QED) is 0.781. The van der Waals surface area contributed by atoms with Gasteiger partial charge in [0.25, 0.3) is 5.91 Å². The van der Waals surface area contributed by atoms with Gasteiger partial charge in [0.1, 0.15) is 0 Å². The van der Waals surface area contributed by atoms with Crippen LogP contribution < -0.4 is 5.32 Å². The van der Waals surface area contributed by atoms with Crippen molar-refractivity contribution in [1.82, 2.24) is 5.32 Å². The molecule has 1 amide bonds. The lowest BCUT2D eigenvalue weighted by Crippen LogP contribution is -2.37. The van der Waals surface area contributed by atoms with Gasteiger partial charge in [0.15, 0.2) is 0 Å². The summed E-state index contributed by atoms with van der Waals surface area (Å²) in [4.78, 5) is 23.3. The van der Waals surface area contributed by atoms with Crippen molar-refractivity contribution in [2.45, 2.75) is 33.6 Å². The average molecular weight is 329 g/mol. The Morgan fingerprint density at radius 1 is 1.25 bits per heavy atom. The molecule has 1 aromatic carbocycles. The molecule has 0 saturated heterocycles. The fraction of sp³-hybridized carbons (Fsp3) is 0.500. The molecule has 2 N–H and O–H groups in total. The second kappa shape index (κ2) is 8.13. The van der Waals surface area contributed by atoms with Crippen molar-refractivity contribution < 1.29 is 14.7 Å². The van der Waals surface area contributed by atoms with E-state index in [1.165, 1.54) is 0 Å². The SMILES string of the molecule is CC1=CC(CNC(=O)c2ccccc2)C(C(C)C)CC1CC(=O)O. The Balaban J connectivity index is 2.05. The number of nitrogens with one attached hydrogen (secondary N) is 1. The first-order chi connectivity index (χ1) is 11.4. The summed E-state index contributed by atoms with van der Waals surface area (Å²) >= 11 is 0. The Morgan fingerprint density at radius 3 is 2.50 bits per heavy atom. The molecule has 0 aliphatic heterocycles. The third kappa shape index (κ3) is 4.70. The van der Waals surface area contributed by atoms with Crippen LogP contribution in [-0.2, 0) is 4.79 Å². The van der Waals surface area contributed by atoms with Crippen molar-refractivity contribution in [2.75, 3.05) is 6.54 Å². The van der Waals surface area contributed by atoms with E-state index in [1.54, 1.807) is 12.1 Å². The number of hydrogen-bond donors (Lipinski definition) is 2. The molecule has 3 atom stereocenters. The third-order valence-corrected chi connectivity index (χ3v) is 5.04. The van der Waals surface area contributed by atoms with Gasteiger partial charge >= 0.3 is 5.97 Å². The molecule has 1 aliphatic carbocycles. The van der Waals surface area contributed by atoms with Crippen LogP contribution in [0.4, 0.5) is 0 Å². The second-order valence-electron chi connectivity index (χ2n) is 7.09. The van der Waals surface area contributed by atoms with E-state index in [9.17, 15) is 9.59 Å². The monoisotopic (exact) mass is 329 g/mol. The number of hydrogen-bond acceptors (Lipinski definition) is 2. The van der Waals surface area contributed by atoms with Crippen molar-refractivity contribution in [1.29, 1.82) is 0 Å². The molecule has 130 valence electrons. The molecule has 1 aliphatic rings. The summed E-state index contributed by atoms with van der Waals surface area (Å²) in [6.07, 6.45) is 3.24. The lowest BCUT2D eigenvalue weighted by atomic mass is 9.70. The summed E-state index contributed by atoms with van der Waals surface area (Å²) in [6, 6.07) is 9.21. The summed E-state index contributed by atoms with van der Waals surface area (Å²) in [5, 5.41) is 12.1. The standard InChI is InChI=1S/C20H27NO3/c1-13(2)18-10-16(11-19(22)23)14(3)9-17(18)12-21-20(24)15-7-5-4-6-8-15/h4-9,13,16-18H,10-12H2,1-3H3,(H,21,24)(H,22,23). The zero-order chi connectivity index (χ0) is 17.7. The number of carboxylic acids is 1. The number of carboxylic acid groups (broad SMARTS) is 1.